The third-order valence-corrected chi connectivity index (χ3v) is 8.62. The van der Waals surface area contributed by atoms with E-state index in [0.29, 0.717) is 0 Å². The number of carbonyl (C=O) groups is 2. The van der Waals surface area contributed by atoms with E-state index in [2.05, 4.69) is 10.1 Å². The van der Waals surface area contributed by atoms with Gasteiger partial charge in [-0.05, 0) is 46.5 Å². The molecular weight excluding hydrogens is 555 g/mol. The van der Waals surface area contributed by atoms with Crippen molar-refractivity contribution < 1.29 is 45.9 Å². The number of aromatic nitrogens is 2. The maximum Gasteiger partial charge on any atom is 0.410 e. The Kier molecular flexibility index (Phi) is 8.16. The van der Waals surface area contributed by atoms with Gasteiger partial charge in [-0.15, -0.1) is 0 Å². The Morgan fingerprint density at radius 3 is 2.17 bits per heavy atom. The van der Waals surface area contributed by atoms with Crippen LogP contribution in [0.5, 0.6) is 0 Å². The first-order valence-corrected chi connectivity index (χ1v) is 14.0. The van der Waals surface area contributed by atoms with Gasteiger partial charge in [0.1, 0.15) is 17.1 Å². The molecule has 232 valence electrons. The lowest BCUT2D eigenvalue weighted by Gasteiger charge is -2.48. The number of likely N-dealkylation sites (tertiary alicyclic amines) is 2. The van der Waals surface area contributed by atoms with Crippen molar-refractivity contribution in [3.63, 3.8) is 0 Å². The summed E-state index contributed by atoms with van der Waals surface area (Å²) in [5.74, 6) is -4.53. The van der Waals surface area contributed by atoms with E-state index in [0.717, 1.165) is 0 Å². The van der Waals surface area contributed by atoms with Crippen LogP contribution in [0.4, 0.5) is 26.7 Å². The maximum atomic E-state index is 14.5. The van der Waals surface area contributed by atoms with Crippen LogP contribution in [0, 0.1) is 5.41 Å². The summed E-state index contributed by atoms with van der Waals surface area (Å²) in [5.41, 5.74) is -4.08. The van der Waals surface area contributed by atoms with Gasteiger partial charge < -0.3 is 19.3 Å². The van der Waals surface area contributed by atoms with Gasteiger partial charge in [-0.25, -0.2) is 13.6 Å². The molecule has 0 unspecified atom stereocenters. The molecule has 3 fully saturated rings. The van der Waals surface area contributed by atoms with Gasteiger partial charge in [0, 0.05) is 50.2 Å². The number of aliphatic hydroxyl groups is 1. The standard InChI is InChI=1S/C27H39F5N4O5/c1-23(2,3)40-22(39)36-15-24(4,5)18(37)14-17(36)20(38)35-12-10-25(11-13-35,27(30,31)32)21-33-19(34-41-21)16-6-8-26(28,29)9-7-16/h16-18,37H,6-15H2,1-5H3/t17-,18+/m0/s1. The summed E-state index contributed by atoms with van der Waals surface area (Å²) < 4.78 is 81.4. The first kappa shape index (κ1) is 31.4. The van der Waals surface area contributed by atoms with Crippen LogP contribution in [0.2, 0.25) is 0 Å². The Labute approximate surface area is 235 Å². The highest BCUT2D eigenvalue weighted by molar-refractivity contribution is 5.86. The van der Waals surface area contributed by atoms with Crippen molar-refractivity contribution in [2.45, 2.75) is 121 Å². The van der Waals surface area contributed by atoms with Crippen LogP contribution in [-0.4, -0.2) is 86.5 Å². The smallest absolute Gasteiger partial charge is 0.410 e. The normalized spacial score (nSPS) is 27.0. The predicted octanol–water partition coefficient (Wildman–Crippen LogP) is 5.18. The molecule has 2 atom stereocenters. The summed E-state index contributed by atoms with van der Waals surface area (Å²) in [5, 5.41) is 14.4. The lowest BCUT2D eigenvalue weighted by atomic mass is 9.76. The largest absolute Gasteiger partial charge is 0.444 e. The zero-order valence-corrected chi connectivity index (χ0v) is 24.1. The molecular formula is C27H39F5N4O5. The van der Waals surface area contributed by atoms with Gasteiger partial charge >= 0.3 is 12.3 Å². The van der Waals surface area contributed by atoms with E-state index < -0.39 is 90.2 Å². The van der Waals surface area contributed by atoms with Crippen molar-refractivity contribution in [1.82, 2.24) is 19.9 Å². The summed E-state index contributed by atoms with van der Waals surface area (Å²) in [4.78, 5) is 33.2. The van der Waals surface area contributed by atoms with Crippen LogP contribution in [0.25, 0.3) is 0 Å². The minimum Gasteiger partial charge on any atom is -0.444 e. The van der Waals surface area contributed by atoms with Crippen molar-refractivity contribution in [2.24, 2.45) is 5.41 Å². The highest BCUT2D eigenvalue weighted by atomic mass is 19.4. The predicted molar refractivity (Wildman–Crippen MR) is 135 cm³/mol. The first-order chi connectivity index (χ1) is 18.7. The number of aliphatic hydroxyl groups excluding tert-OH is 1. The highest BCUT2D eigenvalue weighted by Gasteiger charge is 2.61. The summed E-state index contributed by atoms with van der Waals surface area (Å²) in [6.45, 7) is 7.97. The molecule has 1 N–H and O–H groups in total. The van der Waals surface area contributed by atoms with Crippen molar-refractivity contribution in [3.05, 3.63) is 11.7 Å². The van der Waals surface area contributed by atoms with Gasteiger partial charge in [-0.3, -0.25) is 9.69 Å². The topological polar surface area (TPSA) is 109 Å². The number of alkyl halides is 5. The Morgan fingerprint density at radius 2 is 1.63 bits per heavy atom. The molecule has 9 nitrogen and oxygen atoms in total. The van der Waals surface area contributed by atoms with Gasteiger partial charge in [0.15, 0.2) is 5.82 Å². The molecule has 3 heterocycles. The van der Waals surface area contributed by atoms with Gasteiger partial charge in [-0.2, -0.15) is 18.2 Å². The number of carbonyl (C=O) groups excluding carboxylic acids is 2. The molecule has 1 aromatic heterocycles. The second-order valence-corrected chi connectivity index (χ2v) is 13.4. The minimum absolute atomic E-state index is 0.00978. The fourth-order valence-corrected chi connectivity index (χ4v) is 5.89. The molecule has 2 saturated heterocycles. The Morgan fingerprint density at radius 1 is 1.05 bits per heavy atom. The number of halogens is 5. The molecule has 2 aliphatic heterocycles. The van der Waals surface area contributed by atoms with E-state index in [1.807, 2.05) is 0 Å². The number of piperidine rings is 2. The zero-order valence-electron chi connectivity index (χ0n) is 24.1. The third-order valence-electron chi connectivity index (χ3n) is 8.62. The van der Waals surface area contributed by atoms with Crippen LogP contribution in [0.3, 0.4) is 0 Å². The lowest BCUT2D eigenvalue weighted by Crippen LogP contribution is -2.62. The van der Waals surface area contributed by atoms with Crippen molar-refractivity contribution >= 4 is 12.0 Å². The minimum atomic E-state index is -4.78. The SMILES string of the molecule is CC(C)(C)OC(=O)N1CC(C)(C)[C@H](O)C[C@H]1C(=O)N1CCC(c2nc(C3CCC(F)(F)CC3)no2)(C(F)(F)F)CC1. The summed E-state index contributed by atoms with van der Waals surface area (Å²) in [6.07, 6.45) is -8.33. The van der Waals surface area contributed by atoms with Crippen LogP contribution in [-0.2, 0) is 14.9 Å². The van der Waals surface area contributed by atoms with Gasteiger partial charge in [0.2, 0.25) is 17.7 Å². The van der Waals surface area contributed by atoms with Crippen LogP contribution >= 0.6 is 0 Å². The van der Waals surface area contributed by atoms with Gasteiger partial charge in [0.25, 0.3) is 0 Å². The number of ether oxygens (including phenoxy) is 1. The van der Waals surface area contributed by atoms with Crippen molar-refractivity contribution in [2.75, 3.05) is 19.6 Å². The quantitative estimate of drug-likeness (QED) is 0.481. The molecule has 41 heavy (non-hydrogen) atoms. The highest BCUT2D eigenvalue weighted by Crippen LogP contribution is 2.49. The van der Waals surface area contributed by atoms with E-state index in [4.69, 9.17) is 9.26 Å². The fraction of sp³-hybridized carbons (Fsp3) is 0.852. The Balaban J connectivity index is 1.51. The van der Waals surface area contributed by atoms with E-state index >= 15 is 0 Å². The first-order valence-electron chi connectivity index (χ1n) is 14.0. The van der Waals surface area contributed by atoms with Crippen LogP contribution in [0.15, 0.2) is 4.52 Å². The average Bonchev–Trinajstić information content (AvgIpc) is 3.34. The molecule has 3 aliphatic rings. The van der Waals surface area contributed by atoms with Crippen LogP contribution in [0.1, 0.15) is 97.2 Å². The molecule has 0 bridgehead atoms. The second-order valence-electron chi connectivity index (χ2n) is 13.4. The van der Waals surface area contributed by atoms with Crippen molar-refractivity contribution in [1.29, 1.82) is 0 Å². The molecule has 0 aromatic carbocycles. The molecule has 0 radical (unpaired) electrons. The van der Waals surface area contributed by atoms with Gasteiger partial charge in [-0.1, -0.05) is 19.0 Å². The Hall–Kier alpha value is -2.51. The monoisotopic (exact) mass is 594 g/mol. The van der Waals surface area contributed by atoms with E-state index in [1.165, 1.54) is 9.80 Å². The molecule has 1 saturated carbocycles. The lowest BCUT2D eigenvalue weighted by molar-refractivity contribution is -0.211. The maximum absolute atomic E-state index is 14.5. The summed E-state index contributed by atoms with van der Waals surface area (Å²) in [6, 6.07) is -1.11. The number of rotatable bonds is 3. The number of hydrogen-bond donors (Lipinski definition) is 1. The summed E-state index contributed by atoms with van der Waals surface area (Å²) in [7, 11) is 0. The number of hydrogen-bond acceptors (Lipinski definition) is 7. The Bertz CT molecular complexity index is 1110. The number of nitrogens with zero attached hydrogens (tertiary/aromatic N) is 4. The molecule has 1 aliphatic carbocycles. The third kappa shape index (κ3) is 6.46. The van der Waals surface area contributed by atoms with Crippen LogP contribution < -0.4 is 0 Å². The number of amides is 2. The fourth-order valence-electron chi connectivity index (χ4n) is 5.89. The molecule has 14 heteroatoms. The zero-order chi connectivity index (χ0) is 30.6. The summed E-state index contributed by atoms with van der Waals surface area (Å²) >= 11 is 0. The molecule has 2 amide bonds. The second kappa shape index (κ2) is 10.6. The van der Waals surface area contributed by atoms with E-state index in [9.17, 15) is 36.6 Å². The van der Waals surface area contributed by atoms with E-state index in [1.54, 1.807) is 34.6 Å². The van der Waals surface area contributed by atoms with Gasteiger partial charge in [0.05, 0.1) is 6.10 Å². The van der Waals surface area contributed by atoms with Crippen molar-refractivity contribution in [3.8, 4) is 0 Å². The molecule has 4 rings (SSSR count). The molecule has 0 spiro atoms. The molecule has 1 aromatic rings. The average molecular weight is 595 g/mol. The van der Waals surface area contributed by atoms with E-state index in [-0.39, 0.29) is 44.7 Å².